The van der Waals surface area contributed by atoms with Crippen LogP contribution in [0.25, 0.3) is 0 Å². The monoisotopic (exact) mass is 189 g/mol. The number of benzene rings is 1. The maximum absolute atomic E-state index is 9.41. The van der Waals surface area contributed by atoms with E-state index >= 15 is 0 Å². The molecule has 2 nitrogen and oxygen atoms in total. The zero-order valence-corrected chi connectivity index (χ0v) is 8.24. The number of phenolic OH excluding ortho intramolecular Hbond substituents is 1. The van der Waals surface area contributed by atoms with Gasteiger partial charge in [0.25, 0.3) is 0 Å². The SMILES string of the molecule is Oc1ccc2c(c1)CN(C1CC1)CC2. The minimum absolute atomic E-state index is 0.404. The van der Waals surface area contributed by atoms with Gasteiger partial charge in [0, 0.05) is 19.1 Å². The lowest BCUT2D eigenvalue weighted by molar-refractivity contribution is 0.243. The second kappa shape index (κ2) is 2.99. The fourth-order valence-corrected chi connectivity index (χ4v) is 2.32. The Morgan fingerprint density at radius 2 is 2.07 bits per heavy atom. The van der Waals surface area contributed by atoms with Crippen molar-refractivity contribution in [2.45, 2.75) is 31.8 Å². The van der Waals surface area contributed by atoms with E-state index in [1.807, 2.05) is 6.07 Å². The van der Waals surface area contributed by atoms with Crippen LogP contribution in [0.15, 0.2) is 18.2 Å². The molecule has 2 aliphatic rings. The van der Waals surface area contributed by atoms with E-state index in [0.29, 0.717) is 5.75 Å². The highest BCUT2D eigenvalue weighted by Gasteiger charge is 2.30. The molecule has 0 bridgehead atoms. The molecule has 3 rings (SSSR count). The first kappa shape index (κ1) is 8.30. The van der Waals surface area contributed by atoms with Crippen LogP contribution in [-0.2, 0) is 13.0 Å². The molecule has 1 aliphatic heterocycles. The summed E-state index contributed by atoms with van der Waals surface area (Å²) in [5.74, 6) is 0.404. The van der Waals surface area contributed by atoms with Gasteiger partial charge in [-0.15, -0.1) is 0 Å². The number of phenols is 1. The van der Waals surface area contributed by atoms with Crippen molar-refractivity contribution in [1.29, 1.82) is 0 Å². The van der Waals surface area contributed by atoms with Crippen LogP contribution in [0.2, 0.25) is 0 Å². The lowest BCUT2D eigenvalue weighted by atomic mass is 9.99. The number of aromatic hydroxyl groups is 1. The Kier molecular flexibility index (Phi) is 1.77. The molecule has 1 fully saturated rings. The number of hydrogen-bond acceptors (Lipinski definition) is 2. The normalized spacial score (nSPS) is 22.0. The Morgan fingerprint density at radius 3 is 2.86 bits per heavy atom. The molecule has 2 heteroatoms. The summed E-state index contributed by atoms with van der Waals surface area (Å²) in [6.07, 6.45) is 3.88. The summed E-state index contributed by atoms with van der Waals surface area (Å²) in [6, 6.07) is 6.62. The van der Waals surface area contributed by atoms with Crippen LogP contribution in [0.4, 0.5) is 0 Å². The Labute approximate surface area is 84.2 Å². The van der Waals surface area contributed by atoms with Crippen LogP contribution in [-0.4, -0.2) is 22.6 Å². The summed E-state index contributed by atoms with van der Waals surface area (Å²) < 4.78 is 0. The Bertz CT molecular complexity index is 357. The van der Waals surface area contributed by atoms with Gasteiger partial charge in [0.1, 0.15) is 5.75 Å². The Hall–Kier alpha value is -1.02. The van der Waals surface area contributed by atoms with Gasteiger partial charge < -0.3 is 5.11 Å². The highest BCUT2D eigenvalue weighted by atomic mass is 16.3. The average Bonchev–Trinajstić information content (AvgIpc) is 3.00. The van der Waals surface area contributed by atoms with Gasteiger partial charge in [0.15, 0.2) is 0 Å². The molecule has 0 aromatic heterocycles. The lowest BCUT2D eigenvalue weighted by Gasteiger charge is -2.28. The van der Waals surface area contributed by atoms with E-state index in [4.69, 9.17) is 0 Å². The minimum Gasteiger partial charge on any atom is -0.508 e. The van der Waals surface area contributed by atoms with Gasteiger partial charge in [-0.25, -0.2) is 0 Å². The summed E-state index contributed by atoms with van der Waals surface area (Å²) in [5.41, 5.74) is 2.74. The summed E-state index contributed by atoms with van der Waals surface area (Å²) in [6.45, 7) is 2.23. The molecule has 1 aromatic carbocycles. The van der Waals surface area contributed by atoms with Crippen molar-refractivity contribution < 1.29 is 5.11 Å². The van der Waals surface area contributed by atoms with Crippen molar-refractivity contribution in [1.82, 2.24) is 4.90 Å². The van der Waals surface area contributed by atoms with Crippen molar-refractivity contribution in [2.24, 2.45) is 0 Å². The van der Waals surface area contributed by atoms with Crippen molar-refractivity contribution in [3.8, 4) is 5.75 Å². The smallest absolute Gasteiger partial charge is 0.115 e. The number of hydrogen-bond donors (Lipinski definition) is 1. The molecule has 1 N–H and O–H groups in total. The molecule has 1 heterocycles. The standard InChI is InChI=1S/C12H15NO/c14-12-4-1-9-5-6-13(11-2-3-11)8-10(9)7-12/h1,4,7,11,14H,2-3,5-6,8H2. The predicted octanol–water partition coefficient (Wildman–Crippen LogP) is 1.91. The Balaban J connectivity index is 1.88. The van der Waals surface area contributed by atoms with E-state index in [-0.39, 0.29) is 0 Å². The Morgan fingerprint density at radius 1 is 1.21 bits per heavy atom. The van der Waals surface area contributed by atoms with Crippen LogP contribution in [0.1, 0.15) is 24.0 Å². The van der Waals surface area contributed by atoms with Gasteiger partial charge in [-0.2, -0.15) is 0 Å². The van der Waals surface area contributed by atoms with E-state index in [0.717, 1.165) is 19.0 Å². The van der Waals surface area contributed by atoms with E-state index in [9.17, 15) is 5.11 Å². The van der Waals surface area contributed by atoms with Crippen LogP contribution < -0.4 is 0 Å². The highest BCUT2D eigenvalue weighted by Crippen LogP contribution is 2.32. The first-order valence-corrected chi connectivity index (χ1v) is 5.38. The van der Waals surface area contributed by atoms with Crippen molar-refractivity contribution in [3.63, 3.8) is 0 Å². The molecule has 14 heavy (non-hydrogen) atoms. The van der Waals surface area contributed by atoms with Crippen LogP contribution in [0.5, 0.6) is 5.75 Å². The molecule has 0 spiro atoms. The topological polar surface area (TPSA) is 23.5 Å². The molecule has 0 saturated heterocycles. The molecule has 0 unspecified atom stereocenters. The quantitative estimate of drug-likeness (QED) is 0.729. The van der Waals surface area contributed by atoms with Crippen molar-refractivity contribution in [2.75, 3.05) is 6.54 Å². The van der Waals surface area contributed by atoms with E-state index < -0.39 is 0 Å². The summed E-state index contributed by atoms with van der Waals surface area (Å²) in [5, 5.41) is 9.41. The van der Waals surface area contributed by atoms with Gasteiger partial charge >= 0.3 is 0 Å². The number of rotatable bonds is 1. The molecule has 74 valence electrons. The second-order valence-corrected chi connectivity index (χ2v) is 4.40. The van der Waals surface area contributed by atoms with Crippen LogP contribution >= 0.6 is 0 Å². The van der Waals surface area contributed by atoms with Gasteiger partial charge in [-0.05, 0) is 42.5 Å². The third kappa shape index (κ3) is 1.40. The zero-order chi connectivity index (χ0) is 9.54. The van der Waals surface area contributed by atoms with Crippen molar-refractivity contribution in [3.05, 3.63) is 29.3 Å². The van der Waals surface area contributed by atoms with Gasteiger partial charge in [0.05, 0.1) is 0 Å². The van der Waals surface area contributed by atoms with Crippen LogP contribution in [0.3, 0.4) is 0 Å². The van der Waals surface area contributed by atoms with Crippen molar-refractivity contribution >= 4 is 0 Å². The molecule has 0 atom stereocenters. The largest absolute Gasteiger partial charge is 0.508 e. The zero-order valence-electron chi connectivity index (χ0n) is 8.24. The molecule has 1 saturated carbocycles. The van der Waals surface area contributed by atoms with E-state index in [2.05, 4.69) is 11.0 Å². The van der Waals surface area contributed by atoms with E-state index in [1.54, 1.807) is 6.07 Å². The van der Waals surface area contributed by atoms with Crippen LogP contribution in [0, 0.1) is 0 Å². The third-order valence-corrected chi connectivity index (χ3v) is 3.29. The molecular formula is C12H15NO. The van der Waals surface area contributed by atoms with E-state index in [1.165, 1.54) is 30.5 Å². The minimum atomic E-state index is 0.404. The lowest BCUT2D eigenvalue weighted by Crippen LogP contribution is -2.32. The third-order valence-electron chi connectivity index (χ3n) is 3.29. The molecule has 1 aliphatic carbocycles. The fourth-order valence-electron chi connectivity index (χ4n) is 2.32. The van der Waals surface area contributed by atoms with Gasteiger partial charge in [-0.1, -0.05) is 6.07 Å². The first-order valence-electron chi connectivity index (χ1n) is 5.38. The summed E-state index contributed by atoms with van der Waals surface area (Å²) in [4.78, 5) is 2.54. The number of nitrogens with zero attached hydrogens (tertiary/aromatic N) is 1. The molecule has 0 radical (unpaired) electrons. The maximum atomic E-state index is 9.41. The average molecular weight is 189 g/mol. The molecular weight excluding hydrogens is 174 g/mol. The highest BCUT2D eigenvalue weighted by molar-refractivity contribution is 5.36. The van der Waals surface area contributed by atoms with Gasteiger partial charge in [0.2, 0.25) is 0 Å². The maximum Gasteiger partial charge on any atom is 0.115 e. The summed E-state index contributed by atoms with van der Waals surface area (Å²) >= 11 is 0. The first-order chi connectivity index (χ1) is 6.83. The number of fused-ring (bicyclic) bond motifs is 1. The molecule has 1 aromatic rings. The molecule has 0 amide bonds. The summed E-state index contributed by atoms with van der Waals surface area (Å²) in [7, 11) is 0. The fraction of sp³-hybridized carbons (Fsp3) is 0.500. The second-order valence-electron chi connectivity index (χ2n) is 4.40. The van der Waals surface area contributed by atoms with Gasteiger partial charge in [-0.3, -0.25) is 4.90 Å². The predicted molar refractivity (Wildman–Crippen MR) is 55.2 cm³/mol.